The van der Waals surface area contributed by atoms with Crippen molar-refractivity contribution in [3.8, 4) is 5.75 Å². The van der Waals surface area contributed by atoms with Crippen LogP contribution in [0.25, 0.3) is 0 Å². The molecule has 1 aliphatic rings. The molecule has 1 N–H and O–H groups in total. The van der Waals surface area contributed by atoms with Crippen LogP contribution in [-0.4, -0.2) is 49.2 Å². The Hall–Kier alpha value is -2.34. The molecule has 8 nitrogen and oxygen atoms in total. The highest BCUT2D eigenvalue weighted by Crippen LogP contribution is 2.33. The van der Waals surface area contributed by atoms with Crippen LogP contribution in [-0.2, 0) is 19.6 Å². The van der Waals surface area contributed by atoms with E-state index in [-0.39, 0.29) is 28.2 Å². The molecule has 0 unspecified atom stereocenters. The molecule has 0 radical (unpaired) electrons. The molecule has 2 amide bonds. The summed E-state index contributed by atoms with van der Waals surface area (Å²) in [6, 6.07) is 9.56. The Morgan fingerprint density at radius 1 is 1.32 bits per heavy atom. The summed E-state index contributed by atoms with van der Waals surface area (Å²) in [4.78, 5) is 26.4. The molecular formula is C19H18ClN3O5S3. The zero-order chi connectivity index (χ0) is 22.6. The number of amides is 2. The number of nitrogens with one attached hydrogen (secondary N) is 1. The standard InChI is InChI=1S/C19H18ClN3O5S3/c1-3-10-23-18(25)14(11-16(24)21-12-4-6-13(28-2)7-5-12)29-19(23)22-31(26,27)17-9-8-15(20)30-17/h3-9,14H,1,10-11H2,2H3,(H,21,24)/t14-/m0/s1. The minimum Gasteiger partial charge on any atom is -0.497 e. The number of thiophene rings is 1. The average molecular weight is 500 g/mol. The smallest absolute Gasteiger partial charge is 0.294 e. The largest absolute Gasteiger partial charge is 0.497 e. The lowest BCUT2D eigenvalue weighted by Crippen LogP contribution is -2.33. The van der Waals surface area contributed by atoms with Crippen molar-refractivity contribution < 1.29 is 22.7 Å². The SMILES string of the molecule is C=CCN1C(=O)[C@H](CC(=O)Nc2ccc(OC)cc2)SC1=NS(=O)(=O)c1ccc(Cl)s1. The van der Waals surface area contributed by atoms with Gasteiger partial charge in [0.15, 0.2) is 5.17 Å². The van der Waals surface area contributed by atoms with Crippen LogP contribution in [0, 0.1) is 0 Å². The molecule has 0 aliphatic carbocycles. The number of thioether (sulfide) groups is 1. The fourth-order valence-corrected chi connectivity index (χ4v) is 6.47. The molecule has 1 saturated heterocycles. The van der Waals surface area contributed by atoms with E-state index in [1.807, 2.05) is 0 Å². The van der Waals surface area contributed by atoms with E-state index in [1.165, 1.54) is 30.2 Å². The molecular weight excluding hydrogens is 482 g/mol. The lowest BCUT2D eigenvalue weighted by Gasteiger charge is -2.13. The third kappa shape index (κ3) is 5.67. The number of nitrogens with zero attached hydrogens (tertiary/aromatic N) is 2. The molecule has 164 valence electrons. The summed E-state index contributed by atoms with van der Waals surface area (Å²) in [5, 5.41) is 1.90. The minimum atomic E-state index is -4.04. The predicted molar refractivity (Wildman–Crippen MR) is 123 cm³/mol. The molecule has 12 heteroatoms. The Morgan fingerprint density at radius 2 is 2.03 bits per heavy atom. The van der Waals surface area contributed by atoms with Crippen molar-refractivity contribution in [2.75, 3.05) is 19.0 Å². The van der Waals surface area contributed by atoms with Crippen LogP contribution in [0.4, 0.5) is 5.69 Å². The fourth-order valence-electron chi connectivity index (χ4n) is 2.65. The van der Waals surface area contributed by atoms with Crippen LogP contribution < -0.4 is 10.1 Å². The number of benzene rings is 1. The van der Waals surface area contributed by atoms with Gasteiger partial charge < -0.3 is 10.1 Å². The molecule has 3 rings (SSSR count). The maximum Gasteiger partial charge on any atom is 0.294 e. The van der Waals surface area contributed by atoms with Gasteiger partial charge in [-0.2, -0.15) is 8.42 Å². The number of rotatable bonds is 8. The summed E-state index contributed by atoms with van der Waals surface area (Å²) in [6.07, 6.45) is 1.31. The van der Waals surface area contributed by atoms with Crippen LogP contribution in [0.1, 0.15) is 6.42 Å². The molecule has 0 saturated carbocycles. The number of ether oxygens (including phenoxy) is 1. The second-order valence-corrected chi connectivity index (χ2v) is 10.9. The van der Waals surface area contributed by atoms with Gasteiger partial charge in [0.2, 0.25) is 11.8 Å². The third-order valence-electron chi connectivity index (χ3n) is 4.08. The number of anilines is 1. The van der Waals surface area contributed by atoms with E-state index in [9.17, 15) is 18.0 Å². The van der Waals surface area contributed by atoms with E-state index >= 15 is 0 Å². The predicted octanol–water partition coefficient (Wildman–Crippen LogP) is 3.61. The molecule has 31 heavy (non-hydrogen) atoms. The molecule has 1 fully saturated rings. The van der Waals surface area contributed by atoms with Gasteiger partial charge in [0.25, 0.3) is 10.0 Å². The molecule has 2 aromatic rings. The van der Waals surface area contributed by atoms with E-state index in [4.69, 9.17) is 16.3 Å². The minimum absolute atomic E-state index is 0.00308. The van der Waals surface area contributed by atoms with Gasteiger partial charge in [-0.1, -0.05) is 29.4 Å². The van der Waals surface area contributed by atoms with Crippen LogP contribution in [0.15, 0.2) is 57.7 Å². The zero-order valence-electron chi connectivity index (χ0n) is 16.3. The Morgan fingerprint density at radius 3 is 2.61 bits per heavy atom. The molecule has 1 aromatic carbocycles. The van der Waals surface area contributed by atoms with E-state index in [0.717, 1.165) is 23.1 Å². The quantitative estimate of drug-likeness (QED) is 0.556. The van der Waals surface area contributed by atoms with Crippen molar-refractivity contribution in [2.24, 2.45) is 4.40 Å². The van der Waals surface area contributed by atoms with Gasteiger partial charge in [-0.25, -0.2) is 0 Å². The Labute approximate surface area is 193 Å². The van der Waals surface area contributed by atoms with Gasteiger partial charge in [-0.05, 0) is 36.4 Å². The van der Waals surface area contributed by atoms with Crippen molar-refractivity contribution in [1.82, 2.24) is 4.90 Å². The number of sulfonamides is 1. The summed E-state index contributed by atoms with van der Waals surface area (Å²) >= 11 is 7.62. The number of halogens is 1. The number of carbonyl (C=O) groups is 2. The first-order valence-corrected chi connectivity index (χ1v) is 12.4. The fraction of sp³-hybridized carbons (Fsp3) is 0.211. The number of carbonyl (C=O) groups excluding carboxylic acids is 2. The van der Waals surface area contributed by atoms with Gasteiger partial charge in [0, 0.05) is 18.7 Å². The normalized spacial score (nSPS) is 17.7. The first kappa shape index (κ1) is 23.3. The summed E-state index contributed by atoms with van der Waals surface area (Å²) in [5.41, 5.74) is 0.551. The first-order chi connectivity index (χ1) is 14.7. The average Bonchev–Trinajstić information content (AvgIpc) is 3.28. The van der Waals surface area contributed by atoms with Crippen LogP contribution in [0.3, 0.4) is 0 Å². The number of hydrogen-bond donors (Lipinski definition) is 1. The number of hydrogen-bond acceptors (Lipinski definition) is 7. The highest BCUT2D eigenvalue weighted by atomic mass is 35.5. The van der Waals surface area contributed by atoms with Gasteiger partial charge in [0.1, 0.15) is 15.2 Å². The second kappa shape index (κ2) is 9.86. The molecule has 0 bridgehead atoms. The Bertz CT molecular complexity index is 1130. The Balaban J connectivity index is 1.75. The summed E-state index contributed by atoms with van der Waals surface area (Å²) in [5.74, 6) is -0.148. The maximum atomic E-state index is 12.8. The van der Waals surface area contributed by atoms with Crippen molar-refractivity contribution in [1.29, 1.82) is 0 Å². The van der Waals surface area contributed by atoms with E-state index in [0.29, 0.717) is 15.8 Å². The van der Waals surface area contributed by atoms with Gasteiger partial charge in [-0.3, -0.25) is 14.5 Å². The molecule has 0 spiro atoms. The monoisotopic (exact) mass is 499 g/mol. The lowest BCUT2D eigenvalue weighted by molar-refractivity contribution is -0.127. The lowest BCUT2D eigenvalue weighted by atomic mass is 10.2. The summed E-state index contributed by atoms with van der Waals surface area (Å²) in [6.45, 7) is 3.67. The van der Waals surface area contributed by atoms with E-state index in [2.05, 4.69) is 16.3 Å². The molecule has 1 aromatic heterocycles. The zero-order valence-corrected chi connectivity index (χ0v) is 19.5. The summed E-state index contributed by atoms with van der Waals surface area (Å²) < 4.78 is 34.3. The van der Waals surface area contributed by atoms with Crippen molar-refractivity contribution in [3.05, 3.63) is 53.4 Å². The highest BCUT2D eigenvalue weighted by molar-refractivity contribution is 8.16. The van der Waals surface area contributed by atoms with Crippen LogP contribution >= 0.6 is 34.7 Å². The first-order valence-electron chi connectivity index (χ1n) is 8.86. The van der Waals surface area contributed by atoms with Gasteiger partial charge in [0.05, 0.1) is 11.4 Å². The molecule has 1 atom stereocenters. The molecule has 2 heterocycles. The topological polar surface area (TPSA) is 105 Å². The summed E-state index contributed by atoms with van der Waals surface area (Å²) in [7, 11) is -2.50. The molecule has 1 aliphatic heterocycles. The van der Waals surface area contributed by atoms with E-state index in [1.54, 1.807) is 24.3 Å². The number of amidine groups is 1. The highest BCUT2D eigenvalue weighted by Gasteiger charge is 2.39. The van der Waals surface area contributed by atoms with Gasteiger partial charge in [-0.15, -0.1) is 22.3 Å². The van der Waals surface area contributed by atoms with Crippen LogP contribution in [0.2, 0.25) is 4.34 Å². The second-order valence-electron chi connectivity index (χ2n) is 6.23. The van der Waals surface area contributed by atoms with Crippen LogP contribution in [0.5, 0.6) is 5.75 Å². The van der Waals surface area contributed by atoms with Gasteiger partial charge >= 0.3 is 0 Å². The Kier molecular flexibility index (Phi) is 7.42. The third-order valence-corrected chi connectivity index (χ3v) is 8.33. The van der Waals surface area contributed by atoms with Crippen molar-refractivity contribution in [3.63, 3.8) is 0 Å². The van der Waals surface area contributed by atoms with Crippen molar-refractivity contribution >= 4 is 67.4 Å². The number of methoxy groups -OCH3 is 1. The van der Waals surface area contributed by atoms with E-state index < -0.39 is 21.2 Å². The van der Waals surface area contributed by atoms with Crippen molar-refractivity contribution in [2.45, 2.75) is 15.9 Å². The maximum absolute atomic E-state index is 12.8.